The molecule has 0 unspecified atom stereocenters. The quantitative estimate of drug-likeness (QED) is 0.754. The number of halogens is 1. The van der Waals surface area contributed by atoms with Crippen LogP contribution in [0.25, 0.3) is 0 Å². The summed E-state index contributed by atoms with van der Waals surface area (Å²) >= 11 is 2.09. The molecular formula is C13H14IN3O2S. The van der Waals surface area contributed by atoms with Gasteiger partial charge in [0.05, 0.1) is 5.69 Å². The van der Waals surface area contributed by atoms with Crippen LogP contribution in [0.1, 0.15) is 6.92 Å². The van der Waals surface area contributed by atoms with Crippen molar-refractivity contribution in [2.75, 3.05) is 16.6 Å². The normalized spacial score (nSPS) is 11.1. The third kappa shape index (κ3) is 3.40. The molecule has 1 aromatic heterocycles. The summed E-state index contributed by atoms with van der Waals surface area (Å²) in [6.45, 7) is 2.49. The Balaban J connectivity index is 2.39. The maximum absolute atomic E-state index is 12.5. The fourth-order valence-corrected chi connectivity index (χ4v) is 3.57. The van der Waals surface area contributed by atoms with Gasteiger partial charge < -0.3 is 5.32 Å². The minimum atomic E-state index is -3.67. The molecule has 0 bridgehead atoms. The van der Waals surface area contributed by atoms with Crippen molar-refractivity contribution in [2.24, 2.45) is 0 Å². The van der Waals surface area contributed by atoms with Gasteiger partial charge in [0, 0.05) is 16.3 Å². The van der Waals surface area contributed by atoms with Crippen molar-refractivity contribution in [1.29, 1.82) is 0 Å². The molecule has 0 aliphatic rings. The molecule has 0 amide bonds. The molecule has 2 rings (SSSR count). The van der Waals surface area contributed by atoms with E-state index >= 15 is 0 Å². The van der Waals surface area contributed by atoms with Gasteiger partial charge in [0.25, 0.3) is 10.0 Å². The Morgan fingerprint density at radius 1 is 1.20 bits per heavy atom. The molecule has 5 nitrogen and oxygen atoms in total. The lowest BCUT2D eigenvalue weighted by Crippen LogP contribution is -2.16. The van der Waals surface area contributed by atoms with Gasteiger partial charge in [-0.25, -0.2) is 13.4 Å². The third-order valence-corrected chi connectivity index (χ3v) is 4.86. The standard InChI is InChI=1S/C13H14IN3O2S/c1-2-15-13-12(8-5-9-16-13)20(18,19)17-11-7-4-3-6-10(11)14/h3-9,17H,2H2,1H3,(H,15,16). The number of rotatable bonds is 5. The predicted octanol–water partition coefficient (Wildman–Crippen LogP) is 2.92. The number of hydrogen-bond acceptors (Lipinski definition) is 4. The molecule has 0 saturated carbocycles. The van der Waals surface area contributed by atoms with Crippen LogP contribution >= 0.6 is 22.6 Å². The number of sulfonamides is 1. The first-order valence-electron chi connectivity index (χ1n) is 6.01. The SMILES string of the molecule is CCNc1ncccc1S(=O)(=O)Nc1ccccc1I. The molecule has 0 fully saturated rings. The van der Waals surface area contributed by atoms with Crippen LogP contribution in [-0.4, -0.2) is 19.9 Å². The van der Waals surface area contributed by atoms with Gasteiger partial charge in [-0.2, -0.15) is 0 Å². The molecule has 0 atom stereocenters. The molecule has 1 heterocycles. The van der Waals surface area contributed by atoms with E-state index in [0.29, 0.717) is 18.1 Å². The first-order valence-corrected chi connectivity index (χ1v) is 8.57. The molecule has 20 heavy (non-hydrogen) atoms. The minimum Gasteiger partial charge on any atom is -0.369 e. The van der Waals surface area contributed by atoms with Crippen LogP contribution in [0.2, 0.25) is 0 Å². The summed E-state index contributed by atoms with van der Waals surface area (Å²) in [6.07, 6.45) is 1.56. The highest BCUT2D eigenvalue weighted by Gasteiger charge is 2.19. The zero-order valence-corrected chi connectivity index (χ0v) is 13.8. The summed E-state index contributed by atoms with van der Waals surface area (Å²) in [5.41, 5.74) is 0.555. The summed E-state index contributed by atoms with van der Waals surface area (Å²) in [4.78, 5) is 4.21. The molecule has 0 saturated heterocycles. The monoisotopic (exact) mass is 403 g/mol. The third-order valence-electron chi connectivity index (χ3n) is 2.52. The molecule has 7 heteroatoms. The Kier molecular flexibility index (Phi) is 4.81. The summed E-state index contributed by atoms with van der Waals surface area (Å²) in [5, 5.41) is 2.95. The highest BCUT2D eigenvalue weighted by molar-refractivity contribution is 14.1. The van der Waals surface area contributed by atoms with Gasteiger partial charge in [-0.15, -0.1) is 0 Å². The Hall–Kier alpha value is -1.35. The number of hydrogen-bond donors (Lipinski definition) is 2. The summed E-state index contributed by atoms with van der Waals surface area (Å²) in [7, 11) is -3.67. The average molecular weight is 403 g/mol. The lowest BCUT2D eigenvalue weighted by atomic mass is 10.3. The Bertz CT molecular complexity index is 704. The first kappa shape index (κ1) is 15.0. The maximum atomic E-state index is 12.5. The van der Waals surface area contributed by atoms with Crippen LogP contribution in [0.15, 0.2) is 47.5 Å². The van der Waals surface area contributed by atoms with Crippen LogP contribution < -0.4 is 10.0 Å². The first-order chi connectivity index (χ1) is 9.54. The van der Waals surface area contributed by atoms with Crippen molar-refractivity contribution in [3.63, 3.8) is 0 Å². The van der Waals surface area contributed by atoms with Crippen molar-refractivity contribution in [3.05, 3.63) is 46.2 Å². The predicted molar refractivity (Wildman–Crippen MR) is 88.4 cm³/mol. The zero-order valence-electron chi connectivity index (χ0n) is 10.8. The number of nitrogens with one attached hydrogen (secondary N) is 2. The maximum Gasteiger partial charge on any atom is 0.265 e. The van der Waals surface area contributed by atoms with E-state index in [9.17, 15) is 8.42 Å². The van der Waals surface area contributed by atoms with Crippen LogP contribution in [-0.2, 0) is 10.0 Å². The Morgan fingerprint density at radius 3 is 2.65 bits per heavy atom. The van der Waals surface area contributed by atoms with E-state index in [1.807, 2.05) is 19.1 Å². The van der Waals surface area contributed by atoms with Gasteiger partial charge in [-0.1, -0.05) is 12.1 Å². The van der Waals surface area contributed by atoms with E-state index in [1.54, 1.807) is 24.4 Å². The number of nitrogens with zero attached hydrogens (tertiary/aromatic N) is 1. The molecule has 0 spiro atoms. The molecule has 106 valence electrons. The molecule has 0 radical (unpaired) electrons. The summed E-state index contributed by atoms with van der Waals surface area (Å²) in [5.74, 6) is 0.355. The van der Waals surface area contributed by atoms with Crippen LogP contribution in [0.4, 0.5) is 11.5 Å². The Labute approximate surface area is 132 Å². The molecule has 1 aromatic carbocycles. The van der Waals surface area contributed by atoms with Gasteiger partial charge in [0.15, 0.2) is 0 Å². The van der Waals surface area contributed by atoms with Gasteiger partial charge >= 0.3 is 0 Å². The number of benzene rings is 1. The second-order valence-corrected chi connectivity index (χ2v) is 6.78. The van der Waals surface area contributed by atoms with E-state index in [-0.39, 0.29) is 4.90 Å². The largest absolute Gasteiger partial charge is 0.369 e. The number of anilines is 2. The molecule has 2 aromatic rings. The summed E-state index contributed by atoms with van der Waals surface area (Å²) < 4.78 is 28.3. The van der Waals surface area contributed by atoms with Crippen molar-refractivity contribution < 1.29 is 8.42 Å². The summed E-state index contributed by atoms with van der Waals surface area (Å²) in [6, 6.07) is 10.3. The Morgan fingerprint density at radius 2 is 1.95 bits per heavy atom. The highest BCUT2D eigenvalue weighted by atomic mass is 127. The second kappa shape index (κ2) is 6.40. The van der Waals surface area contributed by atoms with Gasteiger partial charge in [-0.05, 0) is 53.8 Å². The van der Waals surface area contributed by atoms with Crippen molar-refractivity contribution in [3.8, 4) is 0 Å². The van der Waals surface area contributed by atoms with E-state index in [2.05, 4.69) is 37.6 Å². The minimum absolute atomic E-state index is 0.140. The topological polar surface area (TPSA) is 71.1 Å². The van der Waals surface area contributed by atoms with Crippen molar-refractivity contribution in [1.82, 2.24) is 4.98 Å². The number of para-hydroxylation sites is 1. The smallest absolute Gasteiger partial charge is 0.265 e. The zero-order chi connectivity index (χ0) is 14.6. The number of aromatic nitrogens is 1. The molecule has 0 aliphatic carbocycles. The highest BCUT2D eigenvalue weighted by Crippen LogP contribution is 2.24. The molecule has 2 N–H and O–H groups in total. The van der Waals surface area contributed by atoms with Gasteiger partial charge in [0.2, 0.25) is 0 Å². The average Bonchev–Trinajstić information content (AvgIpc) is 2.42. The fraction of sp³-hybridized carbons (Fsp3) is 0.154. The van der Waals surface area contributed by atoms with Crippen molar-refractivity contribution in [2.45, 2.75) is 11.8 Å². The second-order valence-electron chi connectivity index (χ2n) is 3.97. The fourth-order valence-electron chi connectivity index (χ4n) is 1.65. The van der Waals surface area contributed by atoms with E-state index in [0.717, 1.165) is 3.57 Å². The van der Waals surface area contributed by atoms with E-state index in [4.69, 9.17) is 0 Å². The lowest BCUT2D eigenvalue weighted by molar-refractivity contribution is 0.601. The van der Waals surface area contributed by atoms with Crippen LogP contribution in [0, 0.1) is 3.57 Å². The van der Waals surface area contributed by atoms with E-state index in [1.165, 1.54) is 6.07 Å². The lowest BCUT2D eigenvalue weighted by Gasteiger charge is -2.12. The molecular weight excluding hydrogens is 389 g/mol. The van der Waals surface area contributed by atoms with Gasteiger partial charge in [0.1, 0.15) is 10.7 Å². The van der Waals surface area contributed by atoms with Gasteiger partial charge in [-0.3, -0.25) is 4.72 Å². The van der Waals surface area contributed by atoms with Crippen LogP contribution in [0.3, 0.4) is 0 Å². The van der Waals surface area contributed by atoms with Crippen molar-refractivity contribution >= 4 is 44.1 Å². The molecule has 0 aliphatic heterocycles. The van der Waals surface area contributed by atoms with E-state index < -0.39 is 10.0 Å². The van der Waals surface area contributed by atoms with Crippen LogP contribution in [0.5, 0.6) is 0 Å². The number of pyridine rings is 1.